The first-order chi connectivity index (χ1) is 10.3. The number of carbonyl (C=O) groups is 1. The van der Waals surface area contributed by atoms with Crippen LogP contribution >= 0.6 is 0 Å². The van der Waals surface area contributed by atoms with Crippen LogP contribution in [0.3, 0.4) is 0 Å². The second-order valence-electron chi connectivity index (χ2n) is 6.05. The normalized spacial score (nSPS) is 16.5. The van der Waals surface area contributed by atoms with Crippen LogP contribution in [0.25, 0.3) is 11.4 Å². The second-order valence-corrected chi connectivity index (χ2v) is 6.05. The van der Waals surface area contributed by atoms with E-state index in [9.17, 15) is 13.6 Å². The number of aromatic nitrogens is 2. The third kappa shape index (κ3) is 2.24. The van der Waals surface area contributed by atoms with Gasteiger partial charge in [-0.05, 0) is 18.9 Å². The van der Waals surface area contributed by atoms with Crippen molar-refractivity contribution in [2.24, 2.45) is 5.41 Å². The van der Waals surface area contributed by atoms with Crippen LogP contribution in [0.4, 0.5) is 8.78 Å². The molecule has 0 atom stereocenters. The zero-order valence-electron chi connectivity index (χ0n) is 12.2. The van der Waals surface area contributed by atoms with E-state index in [1.54, 1.807) is 0 Å². The summed E-state index contributed by atoms with van der Waals surface area (Å²) in [6.45, 7) is 3.72. The molecule has 0 aliphatic heterocycles. The van der Waals surface area contributed by atoms with Crippen LogP contribution in [0.15, 0.2) is 18.3 Å². The molecular formula is C16H14F2N2O2. The molecular weight excluding hydrogens is 290 g/mol. The van der Waals surface area contributed by atoms with Gasteiger partial charge in [0.15, 0.2) is 23.2 Å². The number of hydrogen-bond donors (Lipinski definition) is 1. The van der Waals surface area contributed by atoms with Gasteiger partial charge < -0.3 is 5.11 Å². The van der Waals surface area contributed by atoms with Gasteiger partial charge >= 0.3 is 0 Å². The Hall–Kier alpha value is -2.37. The van der Waals surface area contributed by atoms with Crippen molar-refractivity contribution < 1.29 is 18.7 Å². The number of phenolic OH excluding ortho intramolecular Hbond substituents is 1. The Morgan fingerprint density at radius 2 is 1.91 bits per heavy atom. The summed E-state index contributed by atoms with van der Waals surface area (Å²) in [5, 5.41) is 9.16. The van der Waals surface area contributed by atoms with Crippen LogP contribution in [-0.4, -0.2) is 20.9 Å². The Morgan fingerprint density at radius 1 is 1.18 bits per heavy atom. The van der Waals surface area contributed by atoms with Gasteiger partial charge in [-0.2, -0.15) is 0 Å². The SMILES string of the molecule is CC1(C)CCc2nc(-c3cc(F)c(O)cc3F)ncc2C1=O. The van der Waals surface area contributed by atoms with Gasteiger partial charge in [0.2, 0.25) is 0 Å². The van der Waals surface area contributed by atoms with Gasteiger partial charge in [-0.25, -0.2) is 18.7 Å². The summed E-state index contributed by atoms with van der Waals surface area (Å²) in [4.78, 5) is 20.5. The van der Waals surface area contributed by atoms with E-state index in [1.165, 1.54) is 6.20 Å². The summed E-state index contributed by atoms with van der Waals surface area (Å²) in [7, 11) is 0. The number of aromatic hydroxyl groups is 1. The van der Waals surface area contributed by atoms with Gasteiger partial charge in [0.25, 0.3) is 0 Å². The quantitative estimate of drug-likeness (QED) is 0.878. The predicted octanol–water partition coefficient (Wildman–Crippen LogP) is 3.28. The number of nitrogens with zero attached hydrogens (tertiary/aromatic N) is 2. The van der Waals surface area contributed by atoms with Crippen LogP contribution in [-0.2, 0) is 6.42 Å². The Labute approximate surface area is 125 Å². The minimum Gasteiger partial charge on any atom is -0.505 e. The Kier molecular flexibility index (Phi) is 3.20. The lowest BCUT2D eigenvalue weighted by molar-refractivity contribution is 0.0809. The van der Waals surface area contributed by atoms with E-state index in [4.69, 9.17) is 5.11 Å². The Morgan fingerprint density at radius 3 is 2.64 bits per heavy atom. The maximum Gasteiger partial charge on any atom is 0.171 e. The second kappa shape index (κ2) is 4.83. The summed E-state index contributed by atoms with van der Waals surface area (Å²) in [5.74, 6) is -2.58. The van der Waals surface area contributed by atoms with E-state index in [2.05, 4.69) is 9.97 Å². The van der Waals surface area contributed by atoms with E-state index in [-0.39, 0.29) is 17.2 Å². The van der Waals surface area contributed by atoms with Crippen molar-refractivity contribution in [2.45, 2.75) is 26.7 Å². The van der Waals surface area contributed by atoms with Crippen LogP contribution in [0.2, 0.25) is 0 Å². The molecule has 0 spiro atoms. The molecule has 2 aromatic rings. The number of ketones is 1. The first-order valence-corrected chi connectivity index (χ1v) is 6.89. The molecule has 0 amide bonds. The molecule has 0 radical (unpaired) electrons. The first kappa shape index (κ1) is 14.6. The fourth-order valence-corrected chi connectivity index (χ4v) is 2.54. The van der Waals surface area contributed by atoms with Crippen molar-refractivity contribution in [3.8, 4) is 17.1 Å². The highest BCUT2D eigenvalue weighted by atomic mass is 19.1. The number of benzene rings is 1. The van der Waals surface area contributed by atoms with Gasteiger partial charge in [0.1, 0.15) is 5.82 Å². The summed E-state index contributed by atoms with van der Waals surface area (Å²) < 4.78 is 27.3. The number of carbonyl (C=O) groups excluding carboxylic acids is 1. The smallest absolute Gasteiger partial charge is 0.171 e. The average Bonchev–Trinajstić information content (AvgIpc) is 2.47. The summed E-state index contributed by atoms with van der Waals surface area (Å²) in [5.41, 5.74) is 0.366. The van der Waals surface area contributed by atoms with Crippen molar-refractivity contribution in [1.82, 2.24) is 9.97 Å². The highest BCUT2D eigenvalue weighted by Gasteiger charge is 2.35. The van der Waals surface area contributed by atoms with E-state index in [0.717, 1.165) is 6.07 Å². The molecule has 22 heavy (non-hydrogen) atoms. The molecule has 1 heterocycles. The maximum atomic E-state index is 13.9. The molecule has 0 fully saturated rings. The van der Waals surface area contributed by atoms with E-state index < -0.39 is 22.8 Å². The van der Waals surface area contributed by atoms with Gasteiger partial charge in [-0.3, -0.25) is 4.79 Å². The topological polar surface area (TPSA) is 63.1 Å². The van der Waals surface area contributed by atoms with Crippen LogP contribution in [0.1, 0.15) is 36.3 Å². The summed E-state index contributed by atoms with van der Waals surface area (Å²) >= 11 is 0. The monoisotopic (exact) mass is 304 g/mol. The molecule has 1 aliphatic rings. The number of aryl methyl sites for hydroxylation is 1. The first-order valence-electron chi connectivity index (χ1n) is 6.89. The molecule has 4 nitrogen and oxygen atoms in total. The highest BCUT2D eigenvalue weighted by molar-refractivity contribution is 6.01. The maximum absolute atomic E-state index is 13.9. The van der Waals surface area contributed by atoms with Gasteiger partial charge in [-0.1, -0.05) is 13.8 Å². The lowest BCUT2D eigenvalue weighted by Crippen LogP contribution is -2.31. The molecule has 1 aromatic heterocycles. The number of rotatable bonds is 1. The highest BCUT2D eigenvalue weighted by Crippen LogP contribution is 2.34. The number of halogens is 2. The standard InChI is InChI=1S/C16H14F2N2O2/c1-16(2)4-3-12-9(14(16)22)7-19-15(20-12)8-5-11(18)13(21)6-10(8)17/h5-7,21H,3-4H2,1-2H3. The fourth-order valence-electron chi connectivity index (χ4n) is 2.54. The average molecular weight is 304 g/mol. The molecule has 0 unspecified atom stereocenters. The summed E-state index contributed by atoms with van der Waals surface area (Å²) in [6.07, 6.45) is 2.58. The molecule has 0 saturated heterocycles. The lowest BCUT2D eigenvalue weighted by atomic mass is 9.75. The molecule has 1 aromatic carbocycles. The van der Waals surface area contributed by atoms with Crippen molar-refractivity contribution in [3.05, 3.63) is 41.2 Å². The van der Waals surface area contributed by atoms with Crippen molar-refractivity contribution in [1.29, 1.82) is 0 Å². The van der Waals surface area contributed by atoms with Crippen molar-refractivity contribution in [2.75, 3.05) is 0 Å². The third-order valence-corrected chi connectivity index (χ3v) is 3.99. The van der Waals surface area contributed by atoms with Crippen LogP contribution in [0.5, 0.6) is 5.75 Å². The molecule has 1 N–H and O–H groups in total. The molecule has 0 bridgehead atoms. The zero-order chi connectivity index (χ0) is 16.1. The largest absolute Gasteiger partial charge is 0.505 e. The number of fused-ring (bicyclic) bond motifs is 1. The molecule has 3 rings (SSSR count). The van der Waals surface area contributed by atoms with Gasteiger partial charge in [0.05, 0.1) is 16.8 Å². The molecule has 114 valence electrons. The lowest BCUT2D eigenvalue weighted by Gasteiger charge is -2.28. The van der Waals surface area contributed by atoms with E-state index in [1.807, 2.05) is 13.8 Å². The number of Topliss-reactive ketones (excluding diaryl/α,β-unsaturated/α-hetero) is 1. The van der Waals surface area contributed by atoms with Crippen LogP contribution in [0, 0.1) is 17.0 Å². The Bertz CT molecular complexity index is 788. The molecule has 1 aliphatic carbocycles. The minimum atomic E-state index is -0.949. The van der Waals surface area contributed by atoms with Crippen LogP contribution < -0.4 is 0 Å². The zero-order valence-corrected chi connectivity index (χ0v) is 12.2. The number of phenols is 1. The minimum absolute atomic E-state index is 0.00246. The molecule has 0 saturated carbocycles. The van der Waals surface area contributed by atoms with Gasteiger partial charge in [0, 0.05) is 17.7 Å². The fraction of sp³-hybridized carbons (Fsp3) is 0.312. The Balaban J connectivity index is 2.09. The van der Waals surface area contributed by atoms with Crippen molar-refractivity contribution >= 4 is 5.78 Å². The van der Waals surface area contributed by atoms with E-state index >= 15 is 0 Å². The number of hydrogen-bond acceptors (Lipinski definition) is 4. The molecule has 6 heteroatoms. The third-order valence-electron chi connectivity index (χ3n) is 3.99. The van der Waals surface area contributed by atoms with E-state index in [0.29, 0.717) is 30.2 Å². The predicted molar refractivity (Wildman–Crippen MR) is 75.5 cm³/mol. The van der Waals surface area contributed by atoms with Crippen molar-refractivity contribution in [3.63, 3.8) is 0 Å². The summed E-state index contributed by atoms with van der Waals surface area (Å²) in [6, 6.07) is 1.53. The van der Waals surface area contributed by atoms with Gasteiger partial charge in [-0.15, -0.1) is 0 Å².